The third-order valence-electron chi connectivity index (χ3n) is 6.15. The molecule has 0 saturated heterocycles. The number of rotatable bonds is 3. The van der Waals surface area contributed by atoms with E-state index in [9.17, 15) is 14.4 Å². The van der Waals surface area contributed by atoms with Crippen LogP contribution in [-0.2, 0) is 23.9 Å². The van der Waals surface area contributed by atoms with Crippen molar-refractivity contribution < 1.29 is 23.9 Å². The fourth-order valence-corrected chi connectivity index (χ4v) is 7.02. The predicted molar refractivity (Wildman–Crippen MR) is 136 cm³/mol. The maximum Gasteiger partial charge on any atom is 0.346 e. The second kappa shape index (κ2) is 8.60. The molecule has 1 amide bonds. The normalized spacial score (nSPS) is 19.6. The first-order valence-corrected chi connectivity index (χ1v) is 12.6. The van der Waals surface area contributed by atoms with Gasteiger partial charge in [-0.15, -0.1) is 0 Å². The Morgan fingerprint density at radius 3 is 2.00 bits per heavy atom. The third-order valence-corrected chi connectivity index (χ3v) is 9.41. The van der Waals surface area contributed by atoms with Crippen molar-refractivity contribution in [2.24, 2.45) is 5.92 Å². The van der Waals surface area contributed by atoms with Crippen LogP contribution in [0, 0.1) is 19.8 Å². The molecule has 1 aliphatic carbocycles. The summed E-state index contributed by atoms with van der Waals surface area (Å²) >= 11 is 8.32. The lowest BCUT2D eigenvalue weighted by molar-refractivity contribution is -0.138. The van der Waals surface area contributed by atoms with Crippen LogP contribution in [0.2, 0.25) is 0 Å². The van der Waals surface area contributed by atoms with E-state index in [4.69, 9.17) is 21.7 Å². The number of fused-ring (bicyclic) bond motifs is 1. The fraction of sp³-hybridized carbons (Fsp3) is 0.417. The molecule has 1 aromatic carbocycles. The molecule has 9 heteroatoms. The summed E-state index contributed by atoms with van der Waals surface area (Å²) in [5.74, 6) is -1.08. The summed E-state index contributed by atoms with van der Waals surface area (Å²) < 4.78 is 10.5. The van der Waals surface area contributed by atoms with Crippen molar-refractivity contribution in [1.29, 1.82) is 0 Å². The van der Waals surface area contributed by atoms with Crippen LogP contribution >= 0.6 is 35.7 Å². The minimum Gasteiger partial charge on any atom is -0.465 e. The number of methoxy groups -OCH3 is 2. The van der Waals surface area contributed by atoms with E-state index in [-0.39, 0.29) is 21.6 Å². The minimum absolute atomic E-state index is 0.0319. The quantitative estimate of drug-likeness (QED) is 0.327. The van der Waals surface area contributed by atoms with Gasteiger partial charge in [-0.25, -0.2) is 9.59 Å². The Bertz CT molecular complexity index is 1150. The molecule has 2 aliphatic heterocycles. The number of aryl methyl sites for hydroxylation is 2. The van der Waals surface area contributed by atoms with Crippen molar-refractivity contribution in [1.82, 2.24) is 0 Å². The molecule has 2 heterocycles. The number of hydrogen-bond acceptors (Lipinski definition) is 8. The highest BCUT2D eigenvalue weighted by atomic mass is 32.2. The SMILES string of the molecule is COC(=O)C1=C(C(=O)OC)SC(=C2C(=S)C(C)(C)N(C(=O)C3CC3)c3cc(C)c(C)cc32)S1. The Labute approximate surface area is 207 Å². The smallest absolute Gasteiger partial charge is 0.346 e. The number of anilines is 1. The van der Waals surface area contributed by atoms with Gasteiger partial charge < -0.3 is 14.4 Å². The van der Waals surface area contributed by atoms with Gasteiger partial charge in [0.2, 0.25) is 5.91 Å². The number of carbonyl (C=O) groups excluding carboxylic acids is 3. The zero-order chi connectivity index (χ0) is 24.2. The van der Waals surface area contributed by atoms with Gasteiger partial charge in [0.1, 0.15) is 9.81 Å². The molecule has 1 saturated carbocycles. The summed E-state index contributed by atoms with van der Waals surface area (Å²) in [7, 11) is 2.55. The first-order chi connectivity index (χ1) is 15.5. The number of esters is 2. The molecule has 174 valence electrons. The molecule has 0 N–H and O–H groups in total. The molecule has 4 rings (SSSR count). The van der Waals surface area contributed by atoms with Gasteiger partial charge in [0, 0.05) is 17.1 Å². The molecule has 1 aromatic rings. The molecule has 3 aliphatic rings. The van der Waals surface area contributed by atoms with Gasteiger partial charge in [-0.3, -0.25) is 4.79 Å². The number of hydrogen-bond donors (Lipinski definition) is 0. The maximum absolute atomic E-state index is 13.4. The lowest BCUT2D eigenvalue weighted by Gasteiger charge is -2.45. The van der Waals surface area contributed by atoms with Crippen molar-refractivity contribution in [2.75, 3.05) is 19.1 Å². The van der Waals surface area contributed by atoms with Crippen molar-refractivity contribution in [3.8, 4) is 0 Å². The average molecular weight is 504 g/mol. The van der Waals surface area contributed by atoms with Crippen molar-refractivity contribution in [3.63, 3.8) is 0 Å². The standard InChI is InChI=1S/C24H25NO5S3/c1-11-9-14-15(10-12(11)2)25(20(26)13-7-8-13)24(3,4)19(31)16(14)23-32-17(21(27)29-5)18(33-23)22(28)30-6/h9-10,13H,7-8H2,1-6H3. The Hall–Kier alpha value is -2.10. The molecule has 0 atom stereocenters. The second-order valence-electron chi connectivity index (χ2n) is 8.80. The number of carbonyl (C=O) groups is 3. The Balaban J connectivity index is 1.93. The van der Waals surface area contributed by atoms with Crippen LogP contribution in [0.4, 0.5) is 5.69 Å². The molecule has 0 radical (unpaired) electrons. The summed E-state index contributed by atoms with van der Waals surface area (Å²) in [5.41, 5.74) is 3.79. The van der Waals surface area contributed by atoms with Gasteiger partial charge in [-0.1, -0.05) is 35.7 Å². The molecule has 0 unspecified atom stereocenters. The molecular weight excluding hydrogens is 478 g/mol. The molecule has 33 heavy (non-hydrogen) atoms. The number of thiocarbonyl (C=S) groups is 1. The first kappa shape index (κ1) is 24.0. The summed E-state index contributed by atoms with van der Waals surface area (Å²) in [5, 5.41) is 0. The van der Waals surface area contributed by atoms with Crippen molar-refractivity contribution in [2.45, 2.75) is 46.1 Å². The Kier molecular flexibility index (Phi) is 6.26. The van der Waals surface area contributed by atoms with E-state index < -0.39 is 17.5 Å². The summed E-state index contributed by atoms with van der Waals surface area (Å²) in [6.45, 7) is 7.94. The van der Waals surface area contributed by atoms with Gasteiger partial charge in [-0.2, -0.15) is 0 Å². The van der Waals surface area contributed by atoms with E-state index in [1.54, 1.807) is 0 Å². The van der Waals surface area contributed by atoms with Crippen molar-refractivity contribution >= 4 is 69.7 Å². The third kappa shape index (κ3) is 3.94. The second-order valence-corrected chi connectivity index (χ2v) is 11.5. The highest BCUT2D eigenvalue weighted by Gasteiger charge is 2.49. The highest BCUT2D eigenvalue weighted by Crippen LogP contribution is 2.56. The van der Waals surface area contributed by atoms with E-state index in [1.807, 2.05) is 44.7 Å². The van der Waals surface area contributed by atoms with Gasteiger partial charge in [-0.05, 0) is 63.8 Å². The lowest BCUT2D eigenvalue weighted by Crippen LogP contribution is -2.56. The number of nitrogens with zero attached hydrogens (tertiary/aromatic N) is 1. The zero-order valence-electron chi connectivity index (χ0n) is 19.4. The van der Waals surface area contributed by atoms with E-state index in [0.717, 1.165) is 64.3 Å². The lowest BCUT2D eigenvalue weighted by atomic mass is 9.82. The van der Waals surface area contributed by atoms with Crippen LogP contribution in [0.3, 0.4) is 0 Å². The Morgan fingerprint density at radius 1 is 1.00 bits per heavy atom. The van der Waals surface area contributed by atoms with E-state index >= 15 is 0 Å². The van der Waals surface area contributed by atoms with Gasteiger partial charge >= 0.3 is 11.9 Å². The minimum atomic E-state index is -0.757. The highest BCUT2D eigenvalue weighted by molar-refractivity contribution is 8.29. The fourth-order valence-electron chi connectivity index (χ4n) is 3.98. The predicted octanol–water partition coefficient (Wildman–Crippen LogP) is 4.91. The molecule has 1 fully saturated rings. The van der Waals surface area contributed by atoms with Crippen molar-refractivity contribution in [3.05, 3.63) is 42.9 Å². The number of benzene rings is 1. The largest absolute Gasteiger partial charge is 0.465 e. The average Bonchev–Trinajstić information content (AvgIpc) is 3.54. The monoisotopic (exact) mass is 503 g/mol. The van der Waals surface area contributed by atoms with Gasteiger partial charge in [0.15, 0.2) is 0 Å². The van der Waals surface area contributed by atoms with Crippen LogP contribution in [0.25, 0.3) is 5.57 Å². The molecule has 0 aromatic heterocycles. The van der Waals surface area contributed by atoms with Gasteiger partial charge in [0.25, 0.3) is 0 Å². The number of amides is 1. The van der Waals surface area contributed by atoms with Crippen LogP contribution in [0.15, 0.2) is 26.2 Å². The Morgan fingerprint density at radius 2 is 1.52 bits per heavy atom. The van der Waals surface area contributed by atoms with Crippen LogP contribution in [0.5, 0.6) is 0 Å². The van der Waals surface area contributed by atoms with E-state index in [2.05, 4.69) is 0 Å². The van der Waals surface area contributed by atoms with E-state index in [0.29, 0.717) is 9.10 Å². The molecular formula is C24H25NO5S3. The zero-order valence-corrected chi connectivity index (χ0v) is 21.8. The molecule has 6 nitrogen and oxygen atoms in total. The maximum atomic E-state index is 13.4. The number of thioether (sulfide) groups is 2. The molecule has 0 spiro atoms. The molecule has 0 bridgehead atoms. The van der Waals surface area contributed by atoms with Gasteiger partial charge in [0.05, 0.1) is 34.5 Å². The van der Waals surface area contributed by atoms with E-state index in [1.165, 1.54) is 14.2 Å². The summed E-state index contributed by atoms with van der Waals surface area (Å²) in [6, 6.07) is 4.08. The van der Waals surface area contributed by atoms with Crippen LogP contribution < -0.4 is 4.90 Å². The van der Waals surface area contributed by atoms with Crippen LogP contribution in [0.1, 0.15) is 43.4 Å². The number of ether oxygens (including phenoxy) is 2. The topological polar surface area (TPSA) is 72.9 Å². The summed E-state index contributed by atoms with van der Waals surface area (Å²) in [4.78, 5) is 41.0. The van der Waals surface area contributed by atoms with Crippen LogP contribution in [-0.4, -0.2) is 42.5 Å². The summed E-state index contributed by atoms with van der Waals surface area (Å²) in [6.07, 6.45) is 1.79. The first-order valence-electron chi connectivity index (χ1n) is 10.5.